The Bertz CT molecular complexity index is 451. The normalized spacial score (nSPS) is 15.4. The van der Waals surface area contributed by atoms with Gasteiger partial charge in [-0.2, -0.15) is 0 Å². The van der Waals surface area contributed by atoms with Crippen LogP contribution >= 0.6 is 0 Å². The maximum atomic E-state index is 4.64. The molecule has 1 aromatic rings. The Morgan fingerprint density at radius 2 is 2.10 bits per heavy atom. The number of aliphatic imine (C=N–C) groups is 1. The maximum Gasteiger partial charge on any atom is 0.191 e. The van der Waals surface area contributed by atoms with Crippen LogP contribution in [0.3, 0.4) is 0 Å². The molecule has 2 rings (SSSR count). The summed E-state index contributed by atoms with van der Waals surface area (Å²) in [7, 11) is 0. The van der Waals surface area contributed by atoms with Gasteiger partial charge in [0, 0.05) is 26.1 Å². The molecule has 2 heterocycles. The van der Waals surface area contributed by atoms with Gasteiger partial charge in [-0.3, -0.25) is 0 Å². The van der Waals surface area contributed by atoms with Crippen LogP contribution in [0.1, 0.15) is 57.6 Å². The molecule has 2 N–H and O–H groups in total. The van der Waals surface area contributed by atoms with E-state index in [-0.39, 0.29) is 0 Å². The summed E-state index contributed by atoms with van der Waals surface area (Å²) in [5.74, 6) is 2.98. The van der Waals surface area contributed by atoms with Crippen LogP contribution < -0.4 is 10.6 Å². The molecular weight excluding hydrogens is 264 g/mol. The Kier molecular flexibility index (Phi) is 6.50. The van der Waals surface area contributed by atoms with E-state index in [0.717, 1.165) is 50.1 Å². The molecule has 6 nitrogen and oxygen atoms in total. The summed E-state index contributed by atoms with van der Waals surface area (Å²) in [5.41, 5.74) is 0. The Balaban J connectivity index is 1.98. The largest absolute Gasteiger partial charge is 0.357 e. The van der Waals surface area contributed by atoms with Crippen molar-refractivity contribution in [2.75, 3.05) is 13.1 Å². The van der Waals surface area contributed by atoms with Crippen molar-refractivity contribution in [1.29, 1.82) is 0 Å². The second-order valence-electron chi connectivity index (χ2n) is 5.47. The van der Waals surface area contributed by atoms with Gasteiger partial charge < -0.3 is 15.2 Å². The van der Waals surface area contributed by atoms with Gasteiger partial charge in [-0.05, 0) is 26.2 Å². The van der Waals surface area contributed by atoms with Crippen LogP contribution in [0, 0.1) is 0 Å². The Labute approximate surface area is 127 Å². The lowest BCUT2D eigenvalue weighted by Crippen LogP contribution is -2.37. The van der Waals surface area contributed by atoms with Gasteiger partial charge in [0.2, 0.25) is 0 Å². The van der Waals surface area contributed by atoms with Crippen LogP contribution in [0.4, 0.5) is 0 Å². The third-order valence-corrected chi connectivity index (χ3v) is 3.73. The molecule has 0 radical (unpaired) electrons. The number of unbranched alkanes of at least 4 members (excludes halogenated alkanes) is 1. The number of rotatable bonds is 6. The molecule has 0 unspecified atom stereocenters. The predicted molar refractivity (Wildman–Crippen MR) is 85.3 cm³/mol. The van der Waals surface area contributed by atoms with Crippen LogP contribution in [0.5, 0.6) is 0 Å². The summed E-state index contributed by atoms with van der Waals surface area (Å²) in [5, 5.41) is 15.3. The molecule has 0 spiro atoms. The predicted octanol–water partition coefficient (Wildman–Crippen LogP) is 1.86. The minimum absolute atomic E-state index is 0.592. The highest BCUT2D eigenvalue weighted by atomic mass is 15.3. The number of nitrogens with zero attached hydrogens (tertiary/aromatic N) is 4. The molecule has 0 aromatic carbocycles. The molecule has 0 aliphatic carbocycles. The van der Waals surface area contributed by atoms with Crippen molar-refractivity contribution in [1.82, 2.24) is 25.4 Å². The van der Waals surface area contributed by atoms with Crippen molar-refractivity contribution < 1.29 is 0 Å². The minimum atomic E-state index is 0.592. The lowest BCUT2D eigenvalue weighted by Gasteiger charge is -2.11. The third kappa shape index (κ3) is 4.72. The van der Waals surface area contributed by atoms with Gasteiger partial charge in [-0.15, -0.1) is 10.2 Å². The molecule has 6 heteroatoms. The molecule has 1 aliphatic rings. The van der Waals surface area contributed by atoms with E-state index in [0.29, 0.717) is 6.54 Å². The molecule has 1 aliphatic heterocycles. The van der Waals surface area contributed by atoms with E-state index in [4.69, 9.17) is 0 Å². The molecule has 0 atom stereocenters. The number of aryl methyl sites for hydroxylation is 1. The molecule has 21 heavy (non-hydrogen) atoms. The number of hydrogen-bond acceptors (Lipinski definition) is 3. The van der Waals surface area contributed by atoms with Crippen LogP contribution in [0.2, 0.25) is 0 Å². The number of fused-ring (bicyclic) bond motifs is 1. The van der Waals surface area contributed by atoms with E-state index < -0.39 is 0 Å². The first-order valence-corrected chi connectivity index (χ1v) is 8.28. The second kappa shape index (κ2) is 8.64. The number of guanidine groups is 1. The second-order valence-corrected chi connectivity index (χ2v) is 5.47. The van der Waals surface area contributed by atoms with Crippen molar-refractivity contribution in [3.8, 4) is 0 Å². The van der Waals surface area contributed by atoms with E-state index in [9.17, 15) is 0 Å². The zero-order chi connectivity index (χ0) is 14.9. The first kappa shape index (κ1) is 15.8. The Hall–Kier alpha value is -1.59. The summed E-state index contributed by atoms with van der Waals surface area (Å²) in [6.07, 6.45) is 7.12. The Morgan fingerprint density at radius 3 is 2.90 bits per heavy atom. The molecule has 118 valence electrons. The van der Waals surface area contributed by atoms with Gasteiger partial charge in [-0.1, -0.05) is 19.8 Å². The van der Waals surface area contributed by atoms with Crippen molar-refractivity contribution >= 4 is 5.96 Å². The number of hydrogen-bond donors (Lipinski definition) is 2. The smallest absolute Gasteiger partial charge is 0.191 e. The summed E-state index contributed by atoms with van der Waals surface area (Å²) in [4.78, 5) is 4.64. The lowest BCUT2D eigenvalue weighted by molar-refractivity contribution is 0.605. The van der Waals surface area contributed by atoms with Gasteiger partial charge >= 0.3 is 0 Å². The molecule has 0 saturated heterocycles. The van der Waals surface area contributed by atoms with E-state index in [1.54, 1.807) is 0 Å². The lowest BCUT2D eigenvalue weighted by atomic mass is 10.2. The van der Waals surface area contributed by atoms with Gasteiger partial charge in [0.05, 0.1) is 0 Å². The average Bonchev–Trinajstić information content (AvgIpc) is 2.72. The average molecular weight is 292 g/mol. The van der Waals surface area contributed by atoms with Gasteiger partial charge in [-0.25, -0.2) is 4.99 Å². The van der Waals surface area contributed by atoms with Crippen molar-refractivity contribution in [2.45, 2.75) is 65.5 Å². The van der Waals surface area contributed by atoms with Gasteiger partial charge in [0.15, 0.2) is 11.8 Å². The molecule has 1 aromatic heterocycles. The summed E-state index contributed by atoms with van der Waals surface area (Å²) < 4.78 is 2.26. The summed E-state index contributed by atoms with van der Waals surface area (Å²) in [6, 6.07) is 0. The van der Waals surface area contributed by atoms with Crippen molar-refractivity contribution in [2.24, 2.45) is 4.99 Å². The highest BCUT2D eigenvalue weighted by Gasteiger charge is 2.14. The summed E-state index contributed by atoms with van der Waals surface area (Å²) in [6.45, 7) is 7.73. The number of nitrogens with one attached hydrogen (secondary N) is 2. The van der Waals surface area contributed by atoms with E-state index in [2.05, 4.69) is 44.2 Å². The van der Waals surface area contributed by atoms with Crippen LogP contribution in [0.15, 0.2) is 4.99 Å². The van der Waals surface area contributed by atoms with Crippen LogP contribution in [-0.4, -0.2) is 33.8 Å². The molecular formula is C15H28N6. The first-order valence-electron chi connectivity index (χ1n) is 8.28. The topological polar surface area (TPSA) is 67.1 Å². The fourth-order valence-corrected chi connectivity index (χ4v) is 2.54. The Morgan fingerprint density at radius 1 is 1.19 bits per heavy atom. The fraction of sp³-hybridized carbons (Fsp3) is 0.800. The van der Waals surface area contributed by atoms with Crippen LogP contribution in [-0.2, 0) is 19.5 Å². The minimum Gasteiger partial charge on any atom is -0.357 e. The zero-order valence-corrected chi connectivity index (χ0v) is 13.4. The molecule has 0 saturated carbocycles. The van der Waals surface area contributed by atoms with Crippen molar-refractivity contribution in [3.05, 3.63) is 11.6 Å². The SMILES string of the molecule is CCCCNC(=NCc1nnc2n1CCCCC2)NCC. The van der Waals surface area contributed by atoms with Crippen molar-refractivity contribution in [3.63, 3.8) is 0 Å². The third-order valence-electron chi connectivity index (χ3n) is 3.73. The highest BCUT2D eigenvalue weighted by Crippen LogP contribution is 2.14. The number of aromatic nitrogens is 3. The maximum absolute atomic E-state index is 4.64. The van der Waals surface area contributed by atoms with E-state index >= 15 is 0 Å². The first-order chi connectivity index (χ1) is 10.3. The van der Waals surface area contributed by atoms with E-state index in [1.165, 1.54) is 25.7 Å². The zero-order valence-electron chi connectivity index (χ0n) is 13.4. The standard InChI is InChI=1S/C15H28N6/c1-3-5-10-17-15(16-4-2)18-12-14-20-19-13-9-7-6-8-11-21(13)14/h3-12H2,1-2H3,(H2,16,17,18). The quantitative estimate of drug-likeness (QED) is 0.477. The van der Waals surface area contributed by atoms with Gasteiger partial charge in [0.1, 0.15) is 12.4 Å². The van der Waals surface area contributed by atoms with Crippen LogP contribution in [0.25, 0.3) is 0 Å². The molecule has 0 amide bonds. The fourth-order valence-electron chi connectivity index (χ4n) is 2.54. The summed E-state index contributed by atoms with van der Waals surface area (Å²) >= 11 is 0. The molecule has 0 fully saturated rings. The monoisotopic (exact) mass is 292 g/mol. The van der Waals surface area contributed by atoms with Gasteiger partial charge in [0.25, 0.3) is 0 Å². The molecule has 0 bridgehead atoms. The van der Waals surface area contributed by atoms with E-state index in [1.807, 2.05) is 0 Å². The highest BCUT2D eigenvalue weighted by molar-refractivity contribution is 5.79.